The maximum Gasteiger partial charge on any atom is 0.416 e. The van der Waals surface area contributed by atoms with Crippen molar-refractivity contribution in [2.24, 2.45) is 5.92 Å². The Labute approximate surface area is 306 Å². The summed E-state index contributed by atoms with van der Waals surface area (Å²) in [7, 11) is 1.23. The number of carbonyl (C=O) groups is 5. The van der Waals surface area contributed by atoms with Crippen molar-refractivity contribution < 1.29 is 42.9 Å². The number of hydrogen-bond acceptors (Lipinski definition) is 9. The number of cyclic esters (lactones) is 1. The Balaban J connectivity index is 1.73. The molecular weight excluding hydrogens is 664 g/mol. The molecule has 0 unspecified atom stereocenters. The third-order valence-electron chi connectivity index (χ3n) is 8.34. The van der Waals surface area contributed by atoms with E-state index in [1.807, 2.05) is 60.7 Å². The van der Waals surface area contributed by atoms with Gasteiger partial charge in [0.1, 0.15) is 17.8 Å². The van der Waals surface area contributed by atoms with Gasteiger partial charge in [0.15, 0.2) is 0 Å². The van der Waals surface area contributed by atoms with E-state index in [2.05, 4.69) is 0 Å². The van der Waals surface area contributed by atoms with Crippen molar-refractivity contribution in [1.82, 2.24) is 9.80 Å². The number of imide groups is 1. The number of methoxy groups -OCH3 is 1. The van der Waals surface area contributed by atoms with E-state index in [0.29, 0.717) is 30.5 Å². The Kier molecular flexibility index (Phi) is 13.2. The minimum Gasteiger partial charge on any atom is -0.469 e. The number of nitrogens with zero attached hydrogens (tertiary/aromatic N) is 2. The summed E-state index contributed by atoms with van der Waals surface area (Å²) in [5.41, 5.74) is 1.79. The maximum atomic E-state index is 14.3. The zero-order valence-corrected chi connectivity index (χ0v) is 31.2. The first kappa shape index (κ1) is 39.6. The van der Waals surface area contributed by atoms with Gasteiger partial charge in [-0.15, -0.1) is 0 Å². The van der Waals surface area contributed by atoms with Gasteiger partial charge in [-0.1, -0.05) is 66.7 Å². The Morgan fingerprint density at radius 2 is 1.46 bits per heavy atom. The Hall–Kier alpha value is -5.19. The minimum absolute atomic E-state index is 0.00997. The van der Waals surface area contributed by atoms with Crippen molar-refractivity contribution in [3.63, 3.8) is 0 Å². The molecule has 0 aliphatic carbocycles. The fourth-order valence-corrected chi connectivity index (χ4v) is 5.87. The second-order valence-electron chi connectivity index (χ2n) is 14.9. The predicted octanol–water partition coefficient (Wildman–Crippen LogP) is 6.93. The van der Waals surface area contributed by atoms with E-state index in [-0.39, 0.29) is 31.6 Å². The Morgan fingerprint density at radius 3 is 2.06 bits per heavy atom. The topological polar surface area (TPSA) is 129 Å². The number of rotatable bonds is 13. The van der Waals surface area contributed by atoms with Gasteiger partial charge >= 0.3 is 24.1 Å². The normalized spacial score (nSPS) is 15.0. The molecule has 1 saturated heterocycles. The summed E-state index contributed by atoms with van der Waals surface area (Å²) in [5, 5.41) is 0. The molecule has 52 heavy (non-hydrogen) atoms. The highest BCUT2D eigenvalue weighted by Crippen LogP contribution is 2.27. The van der Waals surface area contributed by atoms with Crippen LogP contribution >= 0.6 is 0 Å². The van der Waals surface area contributed by atoms with Crippen molar-refractivity contribution >= 4 is 30.0 Å². The van der Waals surface area contributed by atoms with E-state index in [1.165, 1.54) is 7.11 Å². The summed E-state index contributed by atoms with van der Waals surface area (Å²) in [6.45, 7) is 11.1. The van der Waals surface area contributed by atoms with Gasteiger partial charge in [-0.05, 0) is 95.2 Å². The van der Waals surface area contributed by atoms with Crippen molar-refractivity contribution in [2.75, 3.05) is 20.3 Å². The first-order valence-electron chi connectivity index (χ1n) is 17.5. The van der Waals surface area contributed by atoms with Gasteiger partial charge in [-0.25, -0.2) is 19.3 Å². The molecule has 1 aliphatic heterocycles. The lowest BCUT2D eigenvalue weighted by atomic mass is 9.90. The Bertz CT molecular complexity index is 1710. The summed E-state index contributed by atoms with van der Waals surface area (Å²) in [6.07, 6.45) is -0.791. The second-order valence-corrected chi connectivity index (χ2v) is 14.9. The lowest BCUT2D eigenvalue weighted by molar-refractivity contribution is -0.146. The second kappa shape index (κ2) is 17.4. The summed E-state index contributed by atoms with van der Waals surface area (Å²) in [4.78, 5) is 69.7. The molecule has 0 aromatic heterocycles. The van der Waals surface area contributed by atoms with Gasteiger partial charge in [-0.2, -0.15) is 0 Å². The van der Waals surface area contributed by atoms with Crippen LogP contribution in [0.25, 0.3) is 0 Å². The van der Waals surface area contributed by atoms with Gasteiger partial charge in [0.05, 0.1) is 31.1 Å². The lowest BCUT2D eigenvalue weighted by Gasteiger charge is -2.29. The molecule has 0 spiro atoms. The van der Waals surface area contributed by atoms with Crippen LogP contribution in [0, 0.1) is 5.92 Å². The zero-order chi connectivity index (χ0) is 38.1. The molecule has 3 aromatic carbocycles. The zero-order valence-electron chi connectivity index (χ0n) is 31.2. The molecule has 11 heteroatoms. The van der Waals surface area contributed by atoms with Crippen LogP contribution in [0.4, 0.5) is 9.59 Å². The summed E-state index contributed by atoms with van der Waals surface area (Å²) >= 11 is 0. The number of ether oxygens (including phenoxy) is 4. The lowest BCUT2D eigenvalue weighted by Crippen LogP contribution is -2.44. The molecule has 3 amide bonds. The number of amides is 3. The maximum absolute atomic E-state index is 14.3. The molecule has 1 fully saturated rings. The molecule has 2 atom stereocenters. The van der Waals surface area contributed by atoms with Crippen LogP contribution in [-0.4, -0.2) is 77.3 Å². The number of benzene rings is 3. The van der Waals surface area contributed by atoms with Gasteiger partial charge in [0, 0.05) is 13.1 Å². The molecule has 0 radical (unpaired) electrons. The largest absolute Gasteiger partial charge is 0.469 e. The first-order chi connectivity index (χ1) is 24.5. The van der Waals surface area contributed by atoms with Crippen LogP contribution in [0.5, 0.6) is 0 Å². The minimum atomic E-state index is -1.07. The first-order valence-corrected chi connectivity index (χ1v) is 17.5. The van der Waals surface area contributed by atoms with Crippen LogP contribution in [0.1, 0.15) is 80.6 Å². The van der Waals surface area contributed by atoms with Crippen molar-refractivity contribution in [3.8, 4) is 0 Å². The van der Waals surface area contributed by atoms with Crippen LogP contribution in [0.3, 0.4) is 0 Å². The highest BCUT2D eigenvalue weighted by atomic mass is 16.6. The van der Waals surface area contributed by atoms with Crippen molar-refractivity contribution in [1.29, 1.82) is 0 Å². The van der Waals surface area contributed by atoms with Crippen molar-refractivity contribution in [2.45, 2.75) is 91.0 Å². The predicted molar refractivity (Wildman–Crippen MR) is 194 cm³/mol. The molecule has 0 saturated carbocycles. The summed E-state index contributed by atoms with van der Waals surface area (Å²) in [5.74, 6) is -2.89. The van der Waals surface area contributed by atoms with Crippen LogP contribution < -0.4 is 0 Å². The molecule has 1 aliphatic rings. The molecule has 3 aromatic rings. The molecule has 278 valence electrons. The van der Waals surface area contributed by atoms with E-state index in [9.17, 15) is 24.0 Å². The van der Waals surface area contributed by atoms with E-state index in [1.54, 1.807) is 64.6 Å². The van der Waals surface area contributed by atoms with Crippen molar-refractivity contribution in [3.05, 3.63) is 107 Å². The van der Waals surface area contributed by atoms with Crippen LogP contribution in [-0.2, 0) is 54.3 Å². The standard InChI is InChI=1S/C41H50N2O9/c1-40(2,3)51-37(46)30-18-19-31(26-42(38(47)52-41(4,5)6)21-20-28-14-10-8-11-15-28)32(23-30)24-33(25-35(44)49-7)36(45)43-34(27-50-39(43)48)22-29-16-12-9-13-17-29/h8-19,23,33-34H,20-22,24-27H2,1-7H3/t33-,34+/m0/s1. The van der Waals surface area contributed by atoms with E-state index in [4.69, 9.17) is 18.9 Å². The number of carbonyl (C=O) groups excluding carboxylic acids is 5. The smallest absolute Gasteiger partial charge is 0.416 e. The van der Waals surface area contributed by atoms with Gasteiger partial charge in [-0.3, -0.25) is 9.59 Å². The van der Waals surface area contributed by atoms with Gasteiger partial charge in [0.25, 0.3) is 0 Å². The molecule has 0 bridgehead atoms. The Morgan fingerprint density at radius 1 is 0.846 bits per heavy atom. The molecule has 4 rings (SSSR count). The number of esters is 2. The SMILES string of the molecule is COC(=O)C[C@H](Cc1cc(C(=O)OC(C)(C)C)ccc1CN(CCc1ccccc1)C(=O)OC(C)(C)C)C(=O)N1C(=O)OC[C@H]1Cc1ccccc1. The fraction of sp³-hybridized carbons (Fsp3) is 0.439. The van der Waals surface area contributed by atoms with E-state index in [0.717, 1.165) is 16.0 Å². The summed E-state index contributed by atoms with van der Waals surface area (Å²) < 4.78 is 21.7. The van der Waals surface area contributed by atoms with E-state index >= 15 is 0 Å². The quantitative estimate of drug-likeness (QED) is 0.137. The highest BCUT2D eigenvalue weighted by molar-refractivity contribution is 5.96. The third-order valence-corrected chi connectivity index (χ3v) is 8.34. The molecule has 1 heterocycles. The average Bonchev–Trinajstić information content (AvgIpc) is 3.44. The molecule has 11 nitrogen and oxygen atoms in total. The number of hydrogen-bond donors (Lipinski definition) is 0. The fourth-order valence-electron chi connectivity index (χ4n) is 5.87. The monoisotopic (exact) mass is 714 g/mol. The molecular formula is C41H50N2O9. The van der Waals surface area contributed by atoms with Crippen LogP contribution in [0.15, 0.2) is 78.9 Å². The van der Waals surface area contributed by atoms with Gasteiger partial charge < -0.3 is 23.8 Å². The van der Waals surface area contributed by atoms with Gasteiger partial charge in [0.2, 0.25) is 5.91 Å². The molecule has 0 N–H and O–H groups in total. The van der Waals surface area contributed by atoms with E-state index < -0.39 is 53.2 Å². The highest BCUT2D eigenvalue weighted by Gasteiger charge is 2.42. The van der Waals surface area contributed by atoms with Crippen LogP contribution in [0.2, 0.25) is 0 Å². The average molecular weight is 715 g/mol. The summed E-state index contributed by atoms with van der Waals surface area (Å²) in [6, 6.07) is 23.5. The third kappa shape index (κ3) is 11.7.